The number of rotatable bonds is 4. The van der Waals surface area contributed by atoms with Gasteiger partial charge >= 0.3 is 12.3 Å². The number of methoxy groups -OCH3 is 1. The van der Waals surface area contributed by atoms with E-state index < -0.39 is 23.8 Å². The Hall–Kier alpha value is -1.99. The van der Waals surface area contributed by atoms with Gasteiger partial charge in [-0.3, -0.25) is 0 Å². The second-order valence-electron chi connectivity index (χ2n) is 3.40. The molecule has 0 atom stereocenters. The molecule has 0 spiro atoms. The van der Waals surface area contributed by atoms with E-state index in [1.165, 1.54) is 21.0 Å². The van der Waals surface area contributed by atoms with Crippen LogP contribution in [0.2, 0.25) is 0 Å². The molecule has 0 saturated heterocycles. The number of hydrogen-bond donors (Lipinski definition) is 0. The second-order valence-corrected chi connectivity index (χ2v) is 3.40. The van der Waals surface area contributed by atoms with E-state index in [-0.39, 0.29) is 17.9 Å². The van der Waals surface area contributed by atoms with Crippen LogP contribution in [0.25, 0.3) is 0 Å². The van der Waals surface area contributed by atoms with E-state index in [1.807, 2.05) is 0 Å². The van der Waals surface area contributed by atoms with Crippen molar-refractivity contribution in [2.24, 2.45) is 0 Å². The van der Waals surface area contributed by atoms with Crippen molar-refractivity contribution < 1.29 is 32.2 Å². The lowest BCUT2D eigenvalue weighted by atomic mass is 10.1. The molecule has 0 aliphatic rings. The third kappa shape index (κ3) is 3.73. The maximum absolute atomic E-state index is 12.2. The third-order valence-electron chi connectivity index (χ3n) is 2.17. The van der Waals surface area contributed by atoms with E-state index in [4.69, 9.17) is 4.74 Å². The van der Waals surface area contributed by atoms with Crippen LogP contribution in [-0.4, -0.2) is 31.0 Å². The molecule has 8 heteroatoms. The minimum Gasteiger partial charge on any atom is -0.495 e. The summed E-state index contributed by atoms with van der Waals surface area (Å²) in [5, 5.41) is 0. The van der Waals surface area contributed by atoms with Gasteiger partial charge in [0.1, 0.15) is 11.3 Å². The zero-order valence-corrected chi connectivity index (χ0v) is 10.5. The van der Waals surface area contributed by atoms with E-state index in [9.17, 15) is 18.0 Å². The van der Waals surface area contributed by atoms with Gasteiger partial charge in [-0.15, -0.1) is 13.2 Å². The van der Waals surface area contributed by atoms with Crippen molar-refractivity contribution in [1.29, 1.82) is 0 Å². The minimum absolute atomic E-state index is 0.0148. The van der Waals surface area contributed by atoms with Gasteiger partial charge in [0.25, 0.3) is 0 Å². The Balaban J connectivity index is 3.30. The zero-order chi connectivity index (χ0) is 14.6. The molecule has 5 nitrogen and oxygen atoms in total. The Morgan fingerprint density at radius 3 is 2.53 bits per heavy atom. The number of carbonyl (C=O) groups excluding carboxylic acids is 1. The lowest BCUT2D eigenvalue weighted by molar-refractivity contribution is -0.276. The quantitative estimate of drug-likeness (QED) is 0.792. The fraction of sp³-hybridized carbons (Fsp3) is 0.455. The Bertz CT molecular complexity index is 474. The molecule has 0 saturated carbocycles. The molecule has 1 heterocycles. The van der Waals surface area contributed by atoms with E-state index in [0.717, 1.165) is 6.20 Å². The Labute approximate surface area is 107 Å². The van der Waals surface area contributed by atoms with Crippen LogP contribution >= 0.6 is 0 Å². The first-order chi connectivity index (χ1) is 8.80. The molecule has 0 fully saturated rings. The van der Waals surface area contributed by atoms with Crippen LogP contribution in [0, 0.1) is 6.92 Å². The molecule has 0 unspecified atom stereocenters. The summed E-state index contributed by atoms with van der Waals surface area (Å²) < 4.78 is 50.0. The van der Waals surface area contributed by atoms with Gasteiger partial charge in [-0.2, -0.15) is 0 Å². The molecular formula is C11H12F3NO4. The third-order valence-corrected chi connectivity index (χ3v) is 2.17. The van der Waals surface area contributed by atoms with E-state index >= 15 is 0 Å². The van der Waals surface area contributed by atoms with E-state index in [2.05, 4.69) is 14.5 Å². The smallest absolute Gasteiger partial charge is 0.495 e. The fourth-order valence-electron chi connectivity index (χ4n) is 1.40. The van der Waals surface area contributed by atoms with Gasteiger partial charge in [0.05, 0.1) is 19.9 Å². The summed E-state index contributed by atoms with van der Waals surface area (Å²) in [5.41, 5.74) is -0.242. The summed E-state index contributed by atoms with van der Waals surface area (Å²) in [7, 11) is 1.31. The SMILES string of the molecule is CCOC(=O)c1c(OC(F)(F)F)ncc(OC)c1C. The fourth-order valence-corrected chi connectivity index (χ4v) is 1.40. The van der Waals surface area contributed by atoms with Crippen molar-refractivity contribution in [2.75, 3.05) is 13.7 Å². The summed E-state index contributed by atoms with van der Waals surface area (Å²) in [6.45, 7) is 2.96. The lowest BCUT2D eigenvalue weighted by Crippen LogP contribution is -2.21. The summed E-state index contributed by atoms with van der Waals surface area (Å²) in [5.74, 6) is -1.65. The van der Waals surface area contributed by atoms with Crippen molar-refractivity contribution in [1.82, 2.24) is 4.98 Å². The number of carbonyl (C=O) groups is 1. The average molecular weight is 279 g/mol. The first-order valence-electron chi connectivity index (χ1n) is 5.26. The van der Waals surface area contributed by atoms with Crippen LogP contribution in [0.1, 0.15) is 22.8 Å². The van der Waals surface area contributed by atoms with E-state index in [1.54, 1.807) is 0 Å². The lowest BCUT2D eigenvalue weighted by Gasteiger charge is -2.15. The van der Waals surface area contributed by atoms with Gasteiger partial charge in [0, 0.05) is 5.56 Å². The Morgan fingerprint density at radius 1 is 1.42 bits per heavy atom. The second kappa shape index (κ2) is 5.77. The summed E-state index contributed by atoms with van der Waals surface area (Å²) in [6.07, 6.45) is -3.91. The molecule has 0 aliphatic carbocycles. The number of halogens is 3. The molecule has 1 aromatic heterocycles. The van der Waals surface area contributed by atoms with Crippen molar-refractivity contribution in [3.8, 4) is 11.6 Å². The number of hydrogen-bond acceptors (Lipinski definition) is 5. The number of pyridine rings is 1. The van der Waals surface area contributed by atoms with Crippen LogP contribution in [0.5, 0.6) is 11.6 Å². The molecule has 1 aromatic rings. The molecular weight excluding hydrogens is 267 g/mol. The van der Waals surface area contributed by atoms with Crippen LogP contribution < -0.4 is 9.47 Å². The largest absolute Gasteiger partial charge is 0.574 e. The standard InChI is InChI=1S/C11H12F3NO4/c1-4-18-10(16)8-6(2)7(17-3)5-15-9(8)19-11(12,13)14/h5H,4H2,1-3H3. The molecule has 0 aromatic carbocycles. The molecule has 1 rings (SSSR count). The van der Waals surface area contributed by atoms with Gasteiger partial charge in [-0.05, 0) is 13.8 Å². The Morgan fingerprint density at radius 2 is 2.05 bits per heavy atom. The molecule has 0 amide bonds. The van der Waals surface area contributed by atoms with Gasteiger partial charge < -0.3 is 14.2 Å². The first kappa shape index (κ1) is 15.1. The van der Waals surface area contributed by atoms with Gasteiger partial charge in [-0.1, -0.05) is 0 Å². The van der Waals surface area contributed by atoms with Gasteiger partial charge in [0.15, 0.2) is 0 Å². The molecule has 0 bridgehead atoms. The van der Waals surface area contributed by atoms with Crippen LogP contribution in [0.15, 0.2) is 6.20 Å². The van der Waals surface area contributed by atoms with Crippen molar-refractivity contribution in [3.05, 3.63) is 17.3 Å². The summed E-state index contributed by atoms with van der Waals surface area (Å²) in [6, 6.07) is 0. The number of ether oxygens (including phenoxy) is 3. The van der Waals surface area contributed by atoms with Crippen molar-refractivity contribution in [3.63, 3.8) is 0 Å². The number of alkyl halides is 3. The highest BCUT2D eigenvalue weighted by Gasteiger charge is 2.35. The maximum atomic E-state index is 12.2. The molecule has 0 aliphatic heterocycles. The highest BCUT2D eigenvalue weighted by Crippen LogP contribution is 2.31. The average Bonchev–Trinajstić information content (AvgIpc) is 2.27. The molecule has 0 radical (unpaired) electrons. The normalized spacial score (nSPS) is 11.1. The number of aromatic nitrogens is 1. The first-order valence-corrected chi connectivity index (χ1v) is 5.26. The summed E-state index contributed by atoms with van der Waals surface area (Å²) >= 11 is 0. The van der Waals surface area contributed by atoms with Gasteiger partial charge in [0.2, 0.25) is 5.88 Å². The van der Waals surface area contributed by atoms with E-state index in [0.29, 0.717) is 0 Å². The van der Waals surface area contributed by atoms with Crippen molar-refractivity contribution >= 4 is 5.97 Å². The Kier molecular flexibility index (Phi) is 4.57. The molecule has 19 heavy (non-hydrogen) atoms. The minimum atomic E-state index is -4.95. The van der Waals surface area contributed by atoms with Gasteiger partial charge in [-0.25, -0.2) is 9.78 Å². The predicted molar refractivity (Wildman–Crippen MR) is 58.2 cm³/mol. The highest BCUT2D eigenvalue weighted by molar-refractivity contribution is 5.94. The molecule has 106 valence electrons. The predicted octanol–water partition coefficient (Wildman–Crippen LogP) is 2.47. The number of esters is 1. The highest BCUT2D eigenvalue weighted by atomic mass is 19.4. The van der Waals surface area contributed by atoms with Crippen LogP contribution in [0.4, 0.5) is 13.2 Å². The number of nitrogens with zero attached hydrogens (tertiary/aromatic N) is 1. The summed E-state index contributed by atoms with van der Waals surface area (Å²) in [4.78, 5) is 15.1. The topological polar surface area (TPSA) is 57.7 Å². The van der Waals surface area contributed by atoms with Crippen LogP contribution in [-0.2, 0) is 4.74 Å². The van der Waals surface area contributed by atoms with Crippen LogP contribution in [0.3, 0.4) is 0 Å². The van der Waals surface area contributed by atoms with Crippen molar-refractivity contribution in [2.45, 2.75) is 20.2 Å². The zero-order valence-electron chi connectivity index (χ0n) is 10.5. The molecule has 0 N–H and O–H groups in total. The maximum Gasteiger partial charge on any atom is 0.574 e. The monoisotopic (exact) mass is 279 g/mol.